The molecule has 352 valence electrons. The second kappa shape index (κ2) is 24.8. The van der Waals surface area contributed by atoms with E-state index in [2.05, 4.69) is 112 Å². The van der Waals surface area contributed by atoms with Crippen molar-refractivity contribution < 1.29 is 28.5 Å². The van der Waals surface area contributed by atoms with Crippen molar-refractivity contribution in [2.75, 3.05) is 27.3 Å². The average molecular weight is 863 g/mol. The van der Waals surface area contributed by atoms with Crippen molar-refractivity contribution in [1.82, 2.24) is 9.80 Å². The summed E-state index contributed by atoms with van der Waals surface area (Å²) in [5.74, 6) is 1.48. The molecule has 0 aromatic heterocycles. The quantitative estimate of drug-likeness (QED) is 0.0856. The number of unbranched alkanes of at least 4 members (excludes halogenated alkanes) is 10. The van der Waals surface area contributed by atoms with Crippen LogP contribution in [0.25, 0.3) is 0 Å². The molecule has 4 rings (SSSR count). The van der Waals surface area contributed by atoms with Crippen LogP contribution < -0.4 is 9.47 Å². The van der Waals surface area contributed by atoms with Crippen LogP contribution in [0.4, 0.5) is 0 Å². The minimum Gasteiger partial charge on any atom is -0.493 e. The fourth-order valence-electron chi connectivity index (χ4n) is 9.50. The lowest BCUT2D eigenvalue weighted by Crippen LogP contribution is -2.60. The number of nitrogens with zero attached hydrogens (tertiary/aromatic N) is 2. The zero-order chi connectivity index (χ0) is 46.1. The van der Waals surface area contributed by atoms with Gasteiger partial charge in [0.15, 0.2) is 0 Å². The van der Waals surface area contributed by atoms with Crippen molar-refractivity contribution in [3.63, 3.8) is 0 Å². The molecule has 8 nitrogen and oxygen atoms in total. The molecule has 0 aliphatic carbocycles. The van der Waals surface area contributed by atoms with E-state index in [1.807, 2.05) is 31.2 Å². The molecule has 0 saturated carbocycles. The first-order valence-corrected chi connectivity index (χ1v) is 24.5. The Bertz CT molecular complexity index is 1630. The fourth-order valence-corrected chi connectivity index (χ4v) is 9.50. The Hall–Kier alpha value is -3.10. The summed E-state index contributed by atoms with van der Waals surface area (Å²) in [6.07, 6.45) is 19.9. The van der Waals surface area contributed by atoms with E-state index in [1.54, 1.807) is 0 Å². The number of benzene rings is 2. The topological polar surface area (TPSA) is 77.5 Å². The van der Waals surface area contributed by atoms with Crippen LogP contribution in [0.3, 0.4) is 0 Å². The van der Waals surface area contributed by atoms with E-state index >= 15 is 0 Å². The molecule has 2 aliphatic rings. The summed E-state index contributed by atoms with van der Waals surface area (Å²) in [5, 5.41) is 0. The zero-order valence-electron chi connectivity index (χ0n) is 42.1. The zero-order valence-corrected chi connectivity index (χ0v) is 42.1. The second-order valence-corrected chi connectivity index (χ2v) is 21.1. The van der Waals surface area contributed by atoms with Crippen LogP contribution in [0.1, 0.15) is 205 Å². The number of carbonyl (C=O) groups excluding carboxylic acids is 2. The number of rotatable bonds is 22. The number of hydrogen-bond acceptors (Lipinski definition) is 8. The Labute approximate surface area is 379 Å². The van der Waals surface area contributed by atoms with Crippen LogP contribution in [0.5, 0.6) is 11.5 Å². The first kappa shape index (κ1) is 53.2. The standard InChI is InChI=1S/C30H51NO3.C24H39NO3/c1-8-9-10-11-12-13-14-15-16-17-20-33-27-19-18-25(21-24(27)2)28(32)34-26-22-29(3,4)31(7)30(5,6)23-26;1-8-9-14-27-21-12-10-19(15-18(21)2)11-13-22(26)28-20-16-23(3,4)25(7)24(5,6)17-20/h18-19,21,26H,8-17,20,22-23H2,1-7H3;10,12,15,20H,8-9,11,13-14,16-17H2,1-7H3. The third-order valence-electron chi connectivity index (χ3n) is 13.9. The van der Waals surface area contributed by atoms with E-state index in [-0.39, 0.29) is 46.3 Å². The van der Waals surface area contributed by atoms with Crippen molar-refractivity contribution in [1.29, 1.82) is 0 Å². The molecule has 2 heterocycles. The number of ether oxygens (including phenoxy) is 4. The van der Waals surface area contributed by atoms with Gasteiger partial charge in [0.1, 0.15) is 23.7 Å². The SMILES string of the molecule is CCCCCCCCCCCCOc1ccc(C(=O)OC2CC(C)(C)N(C)C(C)(C)C2)cc1C.CCCCOc1ccc(CCC(=O)OC2CC(C)(C)N(C)C(C)(C)C2)cc1C. The average Bonchev–Trinajstić information content (AvgIpc) is 3.18. The van der Waals surface area contributed by atoms with E-state index in [4.69, 9.17) is 18.9 Å². The molecule has 0 N–H and O–H groups in total. The number of carbonyl (C=O) groups is 2. The summed E-state index contributed by atoms with van der Waals surface area (Å²) in [6.45, 7) is 27.8. The number of aryl methyl sites for hydroxylation is 3. The van der Waals surface area contributed by atoms with E-state index in [0.717, 1.165) is 86.3 Å². The Balaban J connectivity index is 0.000000336. The predicted molar refractivity (Wildman–Crippen MR) is 258 cm³/mol. The van der Waals surface area contributed by atoms with Crippen LogP contribution in [-0.2, 0) is 20.7 Å². The summed E-state index contributed by atoms with van der Waals surface area (Å²) in [4.78, 5) is 30.1. The molecule has 2 fully saturated rings. The van der Waals surface area contributed by atoms with Gasteiger partial charge in [-0.3, -0.25) is 14.6 Å². The van der Waals surface area contributed by atoms with Gasteiger partial charge < -0.3 is 18.9 Å². The van der Waals surface area contributed by atoms with Crippen molar-refractivity contribution >= 4 is 11.9 Å². The molecule has 2 aromatic carbocycles. The fraction of sp³-hybridized carbons (Fsp3) is 0.741. The van der Waals surface area contributed by atoms with E-state index in [1.165, 1.54) is 57.8 Å². The normalized spacial score (nSPS) is 18.7. The molecule has 2 saturated heterocycles. The first-order valence-electron chi connectivity index (χ1n) is 24.5. The molecule has 2 aliphatic heterocycles. The van der Waals surface area contributed by atoms with Gasteiger partial charge in [0.2, 0.25) is 0 Å². The van der Waals surface area contributed by atoms with Gasteiger partial charge in [-0.05, 0) is 144 Å². The summed E-state index contributed by atoms with van der Waals surface area (Å²) in [5.41, 5.74) is 3.92. The predicted octanol–water partition coefficient (Wildman–Crippen LogP) is 13.4. The summed E-state index contributed by atoms with van der Waals surface area (Å²) >= 11 is 0. The van der Waals surface area contributed by atoms with Gasteiger partial charge in [-0.25, -0.2) is 4.79 Å². The van der Waals surface area contributed by atoms with Gasteiger partial charge in [0, 0.05) is 54.3 Å². The lowest BCUT2D eigenvalue weighted by Gasteiger charge is -2.53. The maximum atomic E-state index is 12.9. The number of esters is 2. The third kappa shape index (κ3) is 17.1. The summed E-state index contributed by atoms with van der Waals surface area (Å²) in [6, 6.07) is 11.9. The van der Waals surface area contributed by atoms with Gasteiger partial charge in [-0.15, -0.1) is 0 Å². The van der Waals surface area contributed by atoms with Crippen LogP contribution in [-0.4, -0.2) is 83.4 Å². The monoisotopic (exact) mass is 863 g/mol. The highest BCUT2D eigenvalue weighted by atomic mass is 16.5. The van der Waals surface area contributed by atoms with Crippen LogP contribution in [0, 0.1) is 13.8 Å². The minimum atomic E-state index is -0.231. The highest BCUT2D eigenvalue weighted by molar-refractivity contribution is 5.90. The molecule has 0 radical (unpaired) electrons. The maximum absolute atomic E-state index is 12.9. The van der Waals surface area contributed by atoms with Crippen molar-refractivity contribution in [3.05, 3.63) is 58.7 Å². The van der Waals surface area contributed by atoms with Crippen molar-refractivity contribution in [2.24, 2.45) is 0 Å². The Morgan fingerprint density at radius 1 is 0.565 bits per heavy atom. The molecule has 0 atom stereocenters. The van der Waals surface area contributed by atoms with Gasteiger partial charge in [-0.2, -0.15) is 0 Å². The highest BCUT2D eigenvalue weighted by Gasteiger charge is 2.45. The smallest absolute Gasteiger partial charge is 0.338 e. The lowest BCUT2D eigenvalue weighted by atomic mass is 9.78. The molecular weight excluding hydrogens is 773 g/mol. The molecule has 8 heteroatoms. The Kier molecular flexibility index (Phi) is 21.3. The largest absolute Gasteiger partial charge is 0.493 e. The highest BCUT2D eigenvalue weighted by Crippen LogP contribution is 2.39. The molecule has 2 aromatic rings. The lowest BCUT2D eigenvalue weighted by molar-refractivity contribution is -0.158. The molecule has 62 heavy (non-hydrogen) atoms. The van der Waals surface area contributed by atoms with E-state index in [9.17, 15) is 9.59 Å². The molecule has 0 unspecified atom stereocenters. The van der Waals surface area contributed by atoms with Gasteiger partial charge in [-0.1, -0.05) is 90.2 Å². The first-order chi connectivity index (χ1) is 29.1. The number of hydrogen-bond donors (Lipinski definition) is 0. The van der Waals surface area contributed by atoms with E-state index < -0.39 is 0 Å². The van der Waals surface area contributed by atoms with Crippen LogP contribution in [0.15, 0.2) is 36.4 Å². The number of piperidine rings is 2. The molecule has 0 spiro atoms. The molecule has 0 amide bonds. The summed E-state index contributed by atoms with van der Waals surface area (Å²) in [7, 11) is 4.33. The Morgan fingerprint density at radius 3 is 1.45 bits per heavy atom. The second-order valence-electron chi connectivity index (χ2n) is 21.1. The van der Waals surface area contributed by atoms with Gasteiger partial charge >= 0.3 is 11.9 Å². The van der Waals surface area contributed by atoms with Crippen molar-refractivity contribution in [3.8, 4) is 11.5 Å². The third-order valence-corrected chi connectivity index (χ3v) is 13.9. The van der Waals surface area contributed by atoms with Gasteiger partial charge in [0.25, 0.3) is 0 Å². The maximum Gasteiger partial charge on any atom is 0.338 e. The summed E-state index contributed by atoms with van der Waals surface area (Å²) < 4.78 is 23.6. The van der Waals surface area contributed by atoms with Crippen LogP contribution >= 0.6 is 0 Å². The van der Waals surface area contributed by atoms with E-state index in [0.29, 0.717) is 18.4 Å². The number of likely N-dealkylation sites (tertiary alicyclic amines) is 2. The van der Waals surface area contributed by atoms with Crippen molar-refractivity contribution in [2.45, 2.75) is 233 Å². The van der Waals surface area contributed by atoms with Crippen LogP contribution in [0.2, 0.25) is 0 Å². The molecular formula is C54H90N2O6. The minimum absolute atomic E-state index is 0.00502. The Morgan fingerprint density at radius 2 is 0.984 bits per heavy atom. The molecule has 0 bridgehead atoms. The van der Waals surface area contributed by atoms with Gasteiger partial charge in [0.05, 0.1) is 18.8 Å².